The van der Waals surface area contributed by atoms with Gasteiger partial charge in [-0.1, -0.05) is 11.3 Å². The van der Waals surface area contributed by atoms with E-state index in [1.54, 1.807) is 11.3 Å². The van der Waals surface area contributed by atoms with Crippen LogP contribution in [0.4, 0.5) is 0 Å². The van der Waals surface area contributed by atoms with Crippen LogP contribution in [0.25, 0.3) is 0 Å². The summed E-state index contributed by atoms with van der Waals surface area (Å²) in [6.07, 6.45) is 2.13. The van der Waals surface area contributed by atoms with Gasteiger partial charge in [-0.15, -0.1) is 21.8 Å². The minimum atomic E-state index is -0.0268. The smallest absolute Gasteiger partial charge is 0.135 e. The van der Waals surface area contributed by atoms with Gasteiger partial charge in [0.15, 0.2) is 0 Å². The number of nitrogens with zero attached hydrogens (tertiary/aromatic N) is 2. The van der Waals surface area contributed by atoms with Crippen molar-refractivity contribution in [3.63, 3.8) is 0 Å². The second-order valence-electron chi connectivity index (χ2n) is 3.58. The Labute approximate surface area is 92.4 Å². The molecule has 2 unspecified atom stereocenters. The van der Waals surface area contributed by atoms with Crippen LogP contribution in [0.2, 0.25) is 0 Å². The lowest BCUT2D eigenvalue weighted by Gasteiger charge is -2.01. The molecule has 1 fully saturated rings. The molecule has 1 aromatic rings. The topological polar surface area (TPSA) is 35.0 Å². The first-order valence-corrected chi connectivity index (χ1v) is 6.05. The Morgan fingerprint density at radius 1 is 1.64 bits per heavy atom. The molecule has 2 heterocycles. The van der Waals surface area contributed by atoms with Gasteiger partial charge in [0.1, 0.15) is 10.0 Å². The minimum Gasteiger partial charge on any atom is -0.381 e. The van der Waals surface area contributed by atoms with Gasteiger partial charge in [0.25, 0.3) is 0 Å². The summed E-state index contributed by atoms with van der Waals surface area (Å²) in [6, 6.07) is 0. The van der Waals surface area contributed by atoms with Crippen molar-refractivity contribution in [1.82, 2.24) is 10.2 Å². The molecular formula is C9H13ClN2OS. The third-order valence-corrected chi connectivity index (χ3v) is 3.77. The van der Waals surface area contributed by atoms with E-state index >= 15 is 0 Å². The summed E-state index contributed by atoms with van der Waals surface area (Å²) in [6.45, 7) is 3.68. The van der Waals surface area contributed by atoms with E-state index in [4.69, 9.17) is 16.3 Å². The van der Waals surface area contributed by atoms with E-state index in [0.717, 1.165) is 36.1 Å². The van der Waals surface area contributed by atoms with Crippen LogP contribution in [-0.4, -0.2) is 23.4 Å². The lowest BCUT2D eigenvalue weighted by atomic mass is 10.1. The first-order chi connectivity index (χ1) is 6.75. The Bertz CT molecular complexity index is 297. The van der Waals surface area contributed by atoms with Crippen LogP contribution >= 0.6 is 22.9 Å². The molecule has 0 radical (unpaired) electrons. The average Bonchev–Trinajstić information content (AvgIpc) is 2.75. The van der Waals surface area contributed by atoms with Gasteiger partial charge in [-0.2, -0.15) is 0 Å². The van der Waals surface area contributed by atoms with E-state index in [-0.39, 0.29) is 5.38 Å². The third-order valence-electron chi connectivity index (χ3n) is 2.31. The Balaban J connectivity index is 1.95. The number of aromatic nitrogens is 2. The lowest BCUT2D eigenvalue weighted by molar-refractivity contribution is 0.186. The number of ether oxygens (including phenoxy) is 1. The summed E-state index contributed by atoms with van der Waals surface area (Å²) in [5.41, 5.74) is 0. The summed E-state index contributed by atoms with van der Waals surface area (Å²) < 4.78 is 5.31. The van der Waals surface area contributed by atoms with E-state index in [2.05, 4.69) is 10.2 Å². The third kappa shape index (κ3) is 2.43. The molecule has 1 aromatic heterocycles. The maximum absolute atomic E-state index is 5.92. The van der Waals surface area contributed by atoms with Crippen molar-refractivity contribution in [3.05, 3.63) is 10.0 Å². The molecule has 0 aromatic carbocycles. The number of hydrogen-bond donors (Lipinski definition) is 0. The van der Waals surface area contributed by atoms with E-state index in [0.29, 0.717) is 5.92 Å². The molecule has 1 saturated heterocycles. The number of alkyl halides is 1. The number of halogens is 1. The molecule has 78 valence electrons. The second-order valence-corrected chi connectivity index (χ2v) is 5.33. The average molecular weight is 233 g/mol. The van der Waals surface area contributed by atoms with Crippen LogP contribution in [0.3, 0.4) is 0 Å². The molecule has 0 saturated carbocycles. The number of rotatable bonds is 3. The molecular weight excluding hydrogens is 220 g/mol. The Kier molecular flexibility index (Phi) is 3.36. The highest BCUT2D eigenvalue weighted by atomic mass is 35.5. The molecule has 3 nitrogen and oxygen atoms in total. The van der Waals surface area contributed by atoms with Gasteiger partial charge in [0.05, 0.1) is 5.38 Å². The highest BCUT2D eigenvalue weighted by molar-refractivity contribution is 7.11. The fourth-order valence-corrected chi connectivity index (χ4v) is 2.56. The zero-order valence-electron chi connectivity index (χ0n) is 8.07. The number of hydrogen-bond acceptors (Lipinski definition) is 4. The fourth-order valence-electron chi connectivity index (χ4n) is 1.50. The summed E-state index contributed by atoms with van der Waals surface area (Å²) in [7, 11) is 0. The zero-order valence-corrected chi connectivity index (χ0v) is 9.64. The maximum Gasteiger partial charge on any atom is 0.135 e. The molecule has 0 bridgehead atoms. The largest absolute Gasteiger partial charge is 0.381 e. The van der Waals surface area contributed by atoms with Crippen molar-refractivity contribution in [3.8, 4) is 0 Å². The van der Waals surface area contributed by atoms with E-state index in [1.807, 2.05) is 6.92 Å². The highest BCUT2D eigenvalue weighted by Gasteiger charge is 2.18. The highest BCUT2D eigenvalue weighted by Crippen LogP contribution is 2.25. The van der Waals surface area contributed by atoms with Crippen molar-refractivity contribution in [2.45, 2.75) is 25.1 Å². The summed E-state index contributed by atoms with van der Waals surface area (Å²) in [5.74, 6) is 0.626. The quantitative estimate of drug-likeness (QED) is 0.751. The van der Waals surface area contributed by atoms with Gasteiger partial charge in [0.2, 0.25) is 0 Å². The van der Waals surface area contributed by atoms with Crippen LogP contribution in [0.15, 0.2) is 0 Å². The first kappa shape index (κ1) is 10.3. The van der Waals surface area contributed by atoms with E-state index in [1.165, 1.54) is 0 Å². The van der Waals surface area contributed by atoms with Crippen molar-refractivity contribution in [2.24, 2.45) is 5.92 Å². The minimum absolute atomic E-state index is 0.0268. The Hall–Kier alpha value is -0.190. The molecule has 5 heteroatoms. The van der Waals surface area contributed by atoms with Gasteiger partial charge in [-0.25, -0.2) is 0 Å². The van der Waals surface area contributed by atoms with Gasteiger partial charge < -0.3 is 4.74 Å². The summed E-state index contributed by atoms with van der Waals surface area (Å²) in [4.78, 5) is 0. The second kappa shape index (κ2) is 4.55. The monoisotopic (exact) mass is 232 g/mol. The molecule has 0 spiro atoms. The fraction of sp³-hybridized carbons (Fsp3) is 0.778. The van der Waals surface area contributed by atoms with Crippen molar-refractivity contribution >= 4 is 22.9 Å². The van der Waals surface area contributed by atoms with Crippen molar-refractivity contribution in [2.75, 3.05) is 13.2 Å². The summed E-state index contributed by atoms with van der Waals surface area (Å²) in [5, 5.41) is 10.2. The van der Waals surface area contributed by atoms with Crippen LogP contribution in [0.1, 0.15) is 28.7 Å². The SMILES string of the molecule is CC(Cl)c1nnc(CC2CCOC2)s1. The van der Waals surface area contributed by atoms with Gasteiger partial charge in [-0.05, 0) is 19.3 Å². The van der Waals surface area contributed by atoms with Crippen LogP contribution in [-0.2, 0) is 11.2 Å². The molecule has 2 atom stereocenters. The van der Waals surface area contributed by atoms with Gasteiger partial charge in [-0.3, -0.25) is 0 Å². The van der Waals surface area contributed by atoms with Crippen molar-refractivity contribution < 1.29 is 4.74 Å². The normalized spacial score (nSPS) is 24.0. The van der Waals surface area contributed by atoms with Crippen molar-refractivity contribution in [1.29, 1.82) is 0 Å². The molecule has 2 rings (SSSR count). The van der Waals surface area contributed by atoms with E-state index in [9.17, 15) is 0 Å². The van der Waals surface area contributed by atoms with Crippen LogP contribution < -0.4 is 0 Å². The molecule has 0 N–H and O–H groups in total. The Morgan fingerprint density at radius 2 is 2.50 bits per heavy atom. The molecule has 0 amide bonds. The van der Waals surface area contributed by atoms with Gasteiger partial charge in [0, 0.05) is 19.6 Å². The zero-order chi connectivity index (χ0) is 9.97. The standard InChI is InChI=1S/C9H13ClN2OS/c1-6(10)9-12-11-8(14-9)4-7-2-3-13-5-7/h6-7H,2-5H2,1H3. The lowest BCUT2D eigenvalue weighted by Crippen LogP contribution is -2.02. The molecule has 1 aliphatic heterocycles. The Morgan fingerprint density at radius 3 is 3.07 bits per heavy atom. The molecule has 14 heavy (non-hydrogen) atoms. The van der Waals surface area contributed by atoms with E-state index < -0.39 is 0 Å². The predicted octanol–water partition coefficient (Wildman–Crippen LogP) is 2.42. The molecule has 1 aliphatic rings. The maximum atomic E-state index is 5.92. The molecule has 0 aliphatic carbocycles. The first-order valence-electron chi connectivity index (χ1n) is 4.80. The van der Waals surface area contributed by atoms with Crippen LogP contribution in [0.5, 0.6) is 0 Å². The van der Waals surface area contributed by atoms with Gasteiger partial charge >= 0.3 is 0 Å². The van der Waals surface area contributed by atoms with Crippen LogP contribution in [0, 0.1) is 5.92 Å². The summed E-state index contributed by atoms with van der Waals surface area (Å²) >= 11 is 7.53. The predicted molar refractivity (Wildman–Crippen MR) is 56.8 cm³/mol.